The fourth-order valence-electron chi connectivity index (χ4n) is 2.37. The molecule has 1 nitrogen and oxygen atoms in total. The molecular weight excluding hydrogens is 351 g/mol. The van der Waals surface area contributed by atoms with Crippen LogP contribution in [-0.4, -0.2) is 5.78 Å². The maximum absolute atomic E-state index is 12.4. The highest BCUT2D eigenvalue weighted by molar-refractivity contribution is 6.49. The van der Waals surface area contributed by atoms with Crippen LogP contribution >= 0.6 is 34.8 Å². The monoisotopic (exact) mass is 360 g/mol. The molecule has 0 amide bonds. The van der Waals surface area contributed by atoms with Gasteiger partial charge in [0.15, 0.2) is 5.78 Å². The van der Waals surface area contributed by atoms with Gasteiger partial charge in [0.05, 0.1) is 15.1 Å². The zero-order valence-corrected chi connectivity index (χ0v) is 14.2. The van der Waals surface area contributed by atoms with E-state index in [4.69, 9.17) is 34.8 Å². The first-order valence-electron chi connectivity index (χ1n) is 6.91. The van der Waals surface area contributed by atoms with Crippen LogP contribution in [0.4, 0.5) is 0 Å². The molecular formula is C19H11Cl3O. The number of benzene rings is 3. The standard InChI is InChI=1S/C19H11Cl3O/c20-16-10-9-15(18(21)19(16)22)17(23)11-8-13-6-3-5-12-4-1-2-7-14(12)13/h1-11H/b11-8+. The van der Waals surface area contributed by atoms with Crippen molar-refractivity contribution >= 4 is 57.4 Å². The Hall–Kier alpha value is -1.80. The van der Waals surface area contributed by atoms with Gasteiger partial charge in [-0.15, -0.1) is 0 Å². The van der Waals surface area contributed by atoms with E-state index in [0.29, 0.717) is 10.6 Å². The fraction of sp³-hybridized carbons (Fsp3) is 0. The smallest absolute Gasteiger partial charge is 0.187 e. The summed E-state index contributed by atoms with van der Waals surface area (Å²) in [5.74, 6) is -0.221. The van der Waals surface area contributed by atoms with Gasteiger partial charge in [-0.25, -0.2) is 0 Å². The number of hydrogen-bond donors (Lipinski definition) is 0. The van der Waals surface area contributed by atoms with E-state index < -0.39 is 0 Å². The molecule has 0 heterocycles. The minimum atomic E-state index is -0.221. The molecule has 0 N–H and O–H groups in total. The van der Waals surface area contributed by atoms with Gasteiger partial charge < -0.3 is 0 Å². The molecule has 23 heavy (non-hydrogen) atoms. The Morgan fingerprint density at radius 1 is 0.826 bits per heavy atom. The van der Waals surface area contributed by atoms with Crippen LogP contribution in [0.15, 0.2) is 60.7 Å². The molecule has 0 aromatic heterocycles. The van der Waals surface area contributed by atoms with Crippen molar-refractivity contribution < 1.29 is 4.79 Å². The first kappa shape index (κ1) is 16.1. The number of ketones is 1. The van der Waals surface area contributed by atoms with Crippen LogP contribution in [0, 0.1) is 0 Å². The highest BCUT2D eigenvalue weighted by Gasteiger charge is 2.13. The SMILES string of the molecule is O=C(/C=C/c1cccc2ccccc12)c1ccc(Cl)c(Cl)c1Cl. The van der Waals surface area contributed by atoms with E-state index in [1.165, 1.54) is 6.08 Å². The molecule has 0 aliphatic rings. The van der Waals surface area contributed by atoms with Gasteiger partial charge in [0, 0.05) is 5.56 Å². The number of hydrogen-bond acceptors (Lipinski definition) is 1. The summed E-state index contributed by atoms with van der Waals surface area (Å²) in [6.45, 7) is 0. The molecule has 0 aliphatic heterocycles. The summed E-state index contributed by atoms with van der Waals surface area (Å²) in [5, 5.41) is 2.89. The minimum Gasteiger partial charge on any atom is -0.289 e. The van der Waals surface area contributed by atoms with Gasteiger partial charge in [-0.1, -0.05) is 83.3 Å². The average Bonchev–Trinajstić information content (AvgIpc) is 2.57. The van der Waals surface area contributed by atoms with E-state index >= 15 is 0 Å². The molecule has 0 saturated heterocycles. The zero-order valence-electron chi connectivity index (χ0n) is 11.9. The van der Waals surface area contributed by atoms with Gasteiger partial charge in [0.25, 0.3) is 0 Å². The number of carbonyl (C=O) groups is 1. The third kappa shape index (κ3) is 3.28. The second kappa shape index (κ2) is 6.76. The minimum absolute atomic E-state index is 0.173. The van der Waals surface area contributed by atoms with Crippen molar-refractivity contribution in [2.24, 2.45) is 0 Å². The molecule has 0 spiro atoms. The van der Waals surface area contributed by atoms with Crippen molar-refractivity contribution in [3.63, 3.8) is 0 Å². The number of halogens is 3. The van der Waals surface area contributed by atoms with E-state index in [0.717, 1.165) is 16.3 Å². The van der Waals surface area contributed by atoms with Gasteiger partial charge in [0.1, 0.15) is 0 Å². The highest BCUT2D eigenvalue weighted by Crippen LogP contribution is 2.33. The number of carbonyl (C=O) groups excluding carboxylic acids is 1. The largest absolute Gasteiger partial charge is 0.289 e. The Morgan fingerprint density at radius 3 is 2.39 bits per heavy atom. The van der Waals surface area contributed by atoms with E-state index in [1.807, 2.05) is 42.5 Å². The Morgan fingerprint density at radius 2 is 1.57 bits per heavy atom. The molecule has 0 bridgehead atoms. The summed E-state index contributed by atoms with van der Waals surface area (Å²) in [7, 11) is 0. The second-order valence-corrected chi connectivity index (χ2v) is 6.15. The van der Waals surface area contributed by atoms with Crippen LogP contribution in [-0.2, 0) is 0 Å². The van der Waals surface area contributed by atoms with Crippen LogP contribution in [0.25, 0.3) is 16.8 Å². The topological polar surface area (TPSA) is 17.1 Å². The Labute approximate surface area is 149 Å². The summed E-state index contributed by atoms with van der Waals surface area (Å²) in [6, 6.07) is 17.1. The van der Waals surface area contributed by atoms with Crippen molar-refractivity contribution in [1.29, 1.82) is 0 Å². The van der Waals surface area contributed by atoms with Gasteiger partial charge in [-0.3, -0.25) is 4.79 Å². The lowest BCUT2D eigenvalue weighted by molar-refractivity contribution is 0.104. The molecule has 3 aromatic carbocycles. The summed E-state index contributed by atoms with van der Waals surface area (Å²) in [4.78, 5) is 12.4. The van der Waals surface area contributed by atoms with Crippen molar-refractivity contribution in [3.05, 3.63) is 86.9 Å². The average molecular weight is 362 g/mol. The maximum Gasteiger partial charge on any atom is 0.187 e. The first-order chi connectivity index (χ1) is 11.1. The van der Waals surface area contributed by atoms with Gasteiger partial charge in [-0.05, 0) is 34.5 Å². The Kier molecular flexibility index (Phi) is 4.72. The van der Waals surface area contributed by atoms with Crippen LogP contribution in [0.2, 0.25) is 15.1 Å². The summed E-state index contributed by atoms with van der Waals surface area (Å²) in [5.41, 5.74) is 1.30. The van der Waals surface area contributed by atoms with Crippen LogP contribution < -0.4 is 0 Å². The summed E-state index contributed by atoms with van der Waals surface area (Å²) < 4.78 is 0. The highest BCUT2D eigenvalue weighted by atomic mass is 35.5. The zero-order chi connectivity index (χ0) is 16.4. The van der Waals surface area contributed by atoms with E-state index in [1.54, 1.807) is 18.2 Å². The van der Waals surface area contributed by atoms with Crippen molar-refractivity contribution in [1.82, 2.24) is 0 Å². The molecule has 4 heteroatoms. The fourth-order valence-corrected chi connectivity index (χ4v) is 3.00. The van der Waals surface area contributed by atoms with Crippen LogP contribution in [0.1, 0.15) is 15.9 Å². The molecule has 0 atom stereocenters. The molecule has 0 saturated carbocycles. The second-order valence-electron chi connectivity index (χ2n) is 4.99. The number of rotatable bonds is 3. The van der Waals surface area contributed by atoms with E-state index in [2.05, 4.69) is 0 Å². The lowest BCUT2D eigenvalue weighted by Gasteiger charge is -2.04. The lowest BCUT2D eigenvalue weighted by atomic mass is 10.0. The Balaban J connectivity index is 1.96. The molecule has 3 aromatic rings. The summed E-state index contributed by atoms with van der Waals surface area (Å²) >= 11 is 18.0. The molecule has 0 unspecified atom stereocenters. The number of allylic oxidation sites excluding steroid dienone is 1. The molecule has 114 valence electrons. The van der Waals surface area contributed by atoms with Gasteiger partial charge in [0.2, 0.25) is 0 Å². The third-order valence-corrected chi connectivity index (χ3v) is 4.83. The van der Waals surface area contributed by atoms with Crippen molar-refractivity contribution in [2.75, 3.05) is 0 Å². The van der Waals surface area contributed by atoms with Crippen LogP contribution in [0.3, 0.4) is 0 Å². The van der Waals surface area contributed by atoms with E-state index in [-0.39, 0.29) is 15.8 Å². The van der Waals surface area contributed by atoms with Gasteiger partial charge in [-0.2, -0.15) is 0 Å². The predicted molar refractivity (Wildman–Crippen MR) is 98.8 cm³/mol. The van der Waals surface area contributed by atoms with Crippen molar-refractivity contribution in [3.8, 4) is 0 Å². The lowest BCUT2D eigenvalue weighted by Crippen LogP contribution is -1.96. The molecule has 0 fully saturated rings. The third-order valence-electron chi connectivity index (χ3n) is 3.54. The predicted octanol–water partition coefficient (Wildman–Crippen LogP) is 6.70. The molecule has 0 aliphatic carbocycles. The van der Waals surface area contributed by atoms with Gasteiger partial charge >= 0.3 is 0 Å². The summed E-state index contributed by atoms with van der Waals surface area (Å²) in [6.07, 6.45) is 3.27. The maximum atomic E-state index is 12.4. The van der Waals surface area contributed by atoms with Crippen molar-refractivity contribution in [2.45, 2.75) is 0 Å². The normalized spacial score (nSPS) is 11.3. The van der Waals surface area contributed by atoms with E-state index in [9.17, 15) is 4.79 Å². The molecule has 0 radical (unpaired) electrons. The molecule has 3 rings (SSSR count). The first-order valence-corrected chi connectivity index (χ1v) is 8.05. The number of fused-ring (bicyclic) bond motifs is 1. The van der Waals surface area contributed by atoms with Crippen LogP contribution in [0.5, 0.6) is 0 Å². The quantitative estimate of drug-likeness (QED) is 0.288. The Bertz CT molecular complexity index is 924.